The lowest BCUT2D eigenvalue weighted by molar-refractivity contribution is -0.00401. The van der Waals surface area contributed by atoms with Gasteiger partial charge in [-0.25, -0.2) is 0 Å². The predicted octanol–water partition coefficient (Wildman–Crippen LogP) is 1.25. The number of carbonyl (C=O) groups is 1. The number of methoxy groups -OCH3 is 1. The van der Waals surface area contributed by atoms with Crippen molar-refractivity contribution >= 4 is 5.78 Å². The smallest absolute Gasteiger partial charge is 0.201 e. The third kappa shape index (κ3) is 3.01. The molecular weight excluding hydrogens is 284 g/mol. The molecule has 5 heteroatoms. The van der Waals surface area contributed by atoms with Gasteiger partial charge in [0.2, 0.25) is 5.78 Å². The zero-order chi connectivity index (χ0) is 16.2. The molecule has 0 aliphatic rings. The second-order valence-corrected chi connectivity index (χ2v) is 4.93. The van der Waals surface area contributed by atoms with E-state index >= 15 is 0 Å². The minimum absolute atomic E-state index is 0.135. The van der Waals surface area contributed by atoms with Crippen LogP contribution in [0.2, 0.25) is 0 Å². The number of ether oxygens (including phenoxy) is 1. The first-order valence-electron chi connectivity index (χ1n) is 6.77. The first-order chi connectivity index (χ1) is 10.5. The molecule has 2 aromatic rings. The van der Waals surface area contributed by atoms with E-state index in [1.54, 1.807) is 24.3 Å². The molecule has 0 amide bonds. The molecule has 2 aromatic carbocycles. The minimum atomic E-state index is -2.03. The molecule has 0 bridgehead atoms. The van der Waals surface area contributed by atoms with Crippen LogP contribution in [-0.2, 0) is 12.2 Å². The molecule has 0 heterocycles. The van der Waals surface area contributed by atoms with Gasteiger partial charge in [-0.2, -0.15) is 0 Å². The van der Waals surface area contributed by atoms with Gasteiger partial charge in [0.1, 0.15) is 5.75 Å². The average Bonchev–Trinajstić information content (AvgIpc) is 2.60. The molecule has 2 rings (SSSR count). The Kier molecular flexibility index (Phi) is 4.92. The van der Waals surface area contributed by atoms with Crippen molar-refractivity contribution in [2.45, 2.75) is 12.2 Å². The fourth-order valence-electron chi connectivity index (χ4n) is 2.16. The molecular formula is C17H18O5. The third-order valence-electron chi connectivity index (χ3n) is 3.57. The molecule has 116 valence electrons. The van der Waals surface area contributed by atoms with Gasteiger partial charge in [-0.05, 0) is 35.4 Å². The van der Waals surface area contributed by atoms with Crippen LogP contribution < -0.4 is 4.74 Å². The Balaban J connectivity index is 2.36. The van der Waals surface area contributed by atoms with Gasteiger partial charge >= 0.3 is 0 Å². The fourth-order valence-corrected chi connectivity index (χ4v) is 2.16. The van der Waals surface area contributed by atoms with E-state index in [-0.39, 0.29) is 17.7 Å². The van der Waals surface area contributed by atoms with Gasteiger partial charge in [0.15, 0.2) is 5.60 Å². The SMILES string of the molecule is COc1ccc(C(=O)C(O)(CO)c2ccc(CO)cc2)cc1. The number of aliphatic hydroxyl groups excluding tert-OH is 2. The van der Waals surface area contributed by atoms with Gasteiger partial charge in [-0.3, -0.25) is 4.79 Å². The first-order valence-corrected chi connectivity index (χ1v) is 6.77. The van der Waals surface area contributed by atoms with E-state index in [2.05, 4.69) is 0 Å². The summed E-state index contributed by atoms with van der Waals surface area (Å²) in [5.74, 6) is -0.00853. The first kappa shape index (κ1) is 16.2. The van der Waals surface area contributed by atoms with Crippen LogP contribution in [0.5, 0.6) is 5.75 Å². The zero-order valence-electron chi connectivity index (χ0n) is 12.2. The van der Waals surface area contributed by atoms with Gasteiger partial charge < -0.3 is 20.1 Å². The number of Topliss-reactive ketones (excluding diaryl/α,β-unsaturated/α-hetero) is 1. The van der Waals surface area contributed by atoms with Gasteiger partial charge in [0.25, 0.3) is 0 Å². The standard InChI is InChI=1S/C17H18O5/c1-22-15-8-4-13(5-9-15)16(20)17(21,11-19)14-6-2-12(10-18)3-7-14/h2-9,18-19,21H,10-11H2,1H3. The van der Waals surface area contributed by atoms with Crippen molar-refractivity contribution in [1.29, 1.82) is 0 Å². The fraction of sp³-hybridized carbons (Fsp3) is 0.235. The quantitative estimate of drug-likeness (QED) is 0.699. The van der Waals surface area contributed by atoms with Gasteiger partial charge in [0.05, 0.1) is 20.3 Å². The maximum atomic E-state index is 12.6. The Morgan fingerprint density at radius 1 is 1.05 bits per heavy atom. The van der Waals surface area contributed by atoms with Gasteiger partial charge in [0, 0.05) is 5.56 Å². The Morgan fingerprint density at radius 2 is 1.64 bits per heavy atom. The summed E-state index contributed by atoms with van der Waals surface area (Å²) in [7, 11) is 1.52. The molecule has 5 nitrogen and oxygen atoms in total. The normalized spacial score (nSPS) is 13.5. The van der Waals surface area contributed by atoms with Crippen molar-refractivity contribution < 1.29 is 24.9 Å². The largest absolute Gasteiger partial charge is 0.497 e. The second-order valence-electron chi connectivity index (χ2n) is 4.93. The molecule has 1 unspecified atom stereocenters. The Labute approximate surface area is 128 Å². The Hall–Kier alpha value is -2.21. The maximum absolute atomic E-state index is 12.6. The number of ketones is 1. The summed E-state index contributed by atoms with van der Waals surface area (Å²) in [6, 6.07) is 12.5. The van der Waals surface area contributed by atoms with Crippen LogP contribution in [0.1, 0.15) is 21.5 Å². The lowest BCUT2D eigenvalue weighted by Crippen LogP contribution is -2.39. The molecule has 0 fully saturated rings. The predicted molar refractivity (Wildman–Crippen MR) is 80.7 cm³/mol. The van der Waals surface area contributed by atoms with E-state index in [0.717, 1.165) is 0 Å². The summed E-state index contributed by atoms with van der Waals surface area (Å²) >= 11 is 0. The lowest BCUT2D eigenvalue weighted by Gasteiger charge is -2.25. The molecule has 0 saturated heterocycles. The van der Waals surface area contributed by atoms with Crippen LogP contribution in [0.15, 0.2) is 48.5 Å². The highest BCUT2D eigenvalue weighted by molar-refractivity contribution is 6.03. The van der Waals surface area contributed by atoms with Crippen molar-refractivity contribution in [2.75, 3.05) is 13.7 Å². The summed E-state index contributed by atoms with van der Waals surface area (Å²) in [5.41, 5.74) is -0.833. The van der Waals surface area contributed by atoms with Crippen LogP contribution in [-0.4, -0.2) is 34.8 Å². The monoisotopic (exact) mass is 302 g/mol. The Morgan fingerprint density at radius 3 is 2.09 bits per heavy atom. The molecule has 0 spiro atoms. The maximum Gasteiger partial charge on any atom is 0.201 e. The summed E-state index contributed by atoms with van der Waals surface area (Å²) < 4.78 is 5.02. The molecule has 3 N–H and O–H groups in total. The van der Waals surface area contributed by atoms with Crippen molar-refractivity contribution in [1.82, 2.24) is 0 Å². The molecule has 0 radical (unpaired) electrons. The number of aliphatic hydroxyl groups is 3. The van der Waals surface area contributed by atoms with Crippen LogP contribution in [0, 0.1) is 0 Å². The molecule has 0 aliphatic carbocycles. The number of rotatable bonds is 6. The van der Waals surface area contributed by atoms with Crippen molar-refractivity contribution in [2.24, 2.45) is 0 Å². The highest BCUT2D eigenvalue weighted by Gasteiger charge is 2.37. The Bertz CT molecular complexity index is 633. The summed E-state index contributed by atoms with van der Waals surface area (Å²) in [5, 5.41) is 29.2. The molecule has 22 heavy (non-hydrogen) atoms. The van der Waals surface area contributed by atoms with Crippen molar-refractivity contribution in [3.63, 3.8) is 0 Å². The number of hydrogen-bond acceptors (Lipinski definition) is 5. The summed E-state index contributed by atoms with van der Waals surface area (Å²) in [6.07, 6.45) is 0. The zero-order valence-corrected chi connectivity index (χ0v) is 12.2. The number of hydrogen-bond donors (Lipinski definition) is 3. The number of carbonyl (C=O) groups excluding carboxylic acids is 1. The lowest BCUT2D eigenvalue weighted by atomic mass is 9.86. The summed E-state index contributed by atoms with van der Waals surface area (Å²) in [4.78, 5) is 12.6. The van der Waals surface area contributed by atoms with Crippen LogP contribution in [0.25, 0.3) is 0 Å². The molecule has 1 atom stereocenters. The van der Waals surface area contributed by atoms with Gasteiger partial charge in [-0.15, -0.1) is 0 Å². The molecule has 0 aromatic heterocycles. The van der Waals surface area contributed by atoms with E-state index in [9.17, 15) is 15.0 Å². The highest BCUT2D eigenvalue weighted by atomic mass is 16.5. The van der Waals surface area contributed by atoms with E-state index in [4.69, 9.17) is 9.84 Å². The van der Waals surface area contributed by atoms with E-state index < -0.39 is 18.0 Å². The topological polar surface area (TPSA) is 87.0 Å². The van der Waals surface area contributed by atoms with E-state index in [0.29, 0.717) is 11.3 Å². The third-order valence-corrected chi connectivity index (χ3v) is 3.57. The van der Waals surface area contributed by atoms with Crippen LogP contribution in [0.3, 0.4) is 0 Å². The minimum Gasteiger partial charge on any atom is -0.497 e. The second kappa shape index (κ2) is 6.70. The van der Waals surface area contributed by atoms with E-state index in [1.165, 1.54) is 31.4 Å². The highest BCUT2D eigenvalue weighted by Crippen LogP contribution is 2.27. The average molecular weight is 302 g/mol. The summed E-state index contributed by atoms with van der Waals surface area (Å²) in [6.45, 7) is -0.874. The van der Waals surface area contributed by atoms with Crippen LogP contribution in [0.4, 0.5) is 0 Å². The molecule has 0 saturated carbocycles. The van der Waals surface area contributed by atoms with Crippen molar-refractivity contribution in [3.05, 3.63) is 65.2 Å². The van der Waals surface area contributed by atoms with Crippen molar-refractivity contribution in [3.8, 4) is 5.75 Å². The van der Waals surface area contributed by atoms with Gasteiger partial charge in [-0.1, -0.05) is 24.3 Å². The van der Waals surface area contributed by atoms with Crippen LogP contribution >= 0.6 is 0 Å². The molecule has 0 aliphatic heterocycles. The van der Waals surface area contributed by atoms with E-state index in [1.807, 2.05) is 0 Å². The number of benzene rings is 2.